The van der Waals surface area contributed by atoms with Gasteiger partial charge in [-0.1, -0.05) is 6.07 Å². The maximum atomic E-state index is 12.1. The summed E-state index contributed by atoms with van der Waals surface area (Å²) in [5.41, 5.74) is 0.526. The van der Waals surface area contributed by atoms with Crippen molar-refractivity contribution in [1.29, 1.82) is 0 Å². The van der Waals surface area contributed by atoms with E-state index in [9.17, 15) is 9.59 Å². The SMILES string of the molecule is Cc1cc(C(=O)N[C@H](C)CC(=O)c2cccs2)c(C)o1. The third-order valence-corrected chi connectivity index (χ3v) is 3.86. The van der Waals surface area contributed by atoms with E-state index in [1.807, 2.05) is 18.4 Å². The maximum Gasteiger partial charge on any atom is 0.255 e. The molecule has 5 heteroatoms. The number of thiophene rings is 1. The molecule has 1 amide bonds. The van der Waals surface area contributed by atoms with E-state index in [4.69, 9.17) is 4.42 Å². The van der Waals surface area contributed by atoms with Gasteiger partial charge in [0.15, 0.2) is 5.78 Å². The Morgan fingerprint density at radius 1 is 1.40 bits per heavy atom. The van der Waals surface area contributed by atoms with Crippen LogP contribution >= 0.6 is 11.3 Å². The molecule has 0 aliphatic heterocycles. The van der Waals surface area contributed by atoms with Crippen LogP contribution in [0.4, 0.5) is 0 Å². The van der Waals surface area contributed by atoms with Gasteiger partial charge in [0.1, 0.15) is 11.5 Å². The Balaban J connectivity index is 1.94. The number of nitrogens with one attached hydrogen (secondary N) is 1. The predicted octanol–water partition coefficient (Wildman–Crippen LogP) is 3.35. The van der Waals surface area contributed by atoms with E-state index in [1.54, 1.807) is 26.0 Å². The molecular formula is C15H17NO3S. The van der Waals surface area contributed by atoms with E-state index < -0.39 is 0 Å². The summed E-state index contributed by atoms with van der Waals surface area (Å²) in [6, 6.07) is 5.13. The van der Waals surface area contributed by atoms with Crippen LogP contribution in [0.1, 0.15) is 44.9 Å². The lowest BCUT2D eigenvalue weighted by Gasteiger charge is -2.12. The Labute approximate surface area is 121 Å². The van der Waals surface area contributed by atoms with Crippen molar-refractivity contribution in [3.63, 3.8) is 0 Å². The van der Waals surface area contributed by atoms with Crippen molar-refractivity contribution in [2.24, 2.45) is 0 Å². The topological polar surface area (TPSA) is 59.3 Å². The van der Waals surface area contributed by atoms with Crippen LogP contribution in [0.3, 0.4) is 0 Å². The zero-order valence-corrected chi connectivity index (χ0v) is 12.5. The first-order chi connectivity index (χ1) is 9.47. The quantitative estimate of drug-likeness (QED) is 0.859. The summed E-state index contributed by atoms with van der Waals surface area (Å²) >= 11 is 1.42. The van der Waals surface area contributed by atoms with Gasteiger partial charge in [0.25, 0.3) is 5.91 Å². The fraction of sp³-hybridized carbons (Fsp3) is 0.333. The van der Waals surface area contributed by atoms with Crippen molar-refractivity contribution in [2.45, 2.75) is 33.2 Å². The smallest absolute Gasteiger partial charge is 0.255 e. The summed E-state index contributed by atoms with van der Waals surface area (Å²) in [6.45, 7) is 5.38. The summed E-state index contributed by atoms with van der Waals surface area (Å²) in [4.78, 5) is 24.7. The average molecular weight is 291 g/mol. The highest BCUT2D eigenvalue weighted by molar-refractivity contribution is 7.12. The minimum atomic E-state index is -0.216. The van der Waals surface area contributed by atoms with Crippen LogP contribution < -0.4 is 5.32 Å². The lowest BCUT2D eigenvalue weighted by atomic mass is 10.1. The van der Waals surface area contributed by atoms with Gasteiger partial charge < -0.3 is 9.73 Å². The Kier molecular flexibility index (Phi) is 4.39. The number of Topliss-reactive ketones (excluding diaryl/α,β-unsaturated/α-hetero) is 1. The van der Waals surface area contributed by atoms with Crippen LogP contribution in [0.2, 0.25) is 0 Å². The molecule has 2 aromatic heterocycles. The molecule has 20 heavy (non-hydrogen) atoms. The number of hydrogen-bond donors (Lipinski definition) is 1. The van der Waals surface area contributed by atoms with Gasteiger partial charge in [-0.2, -0.15) is 0 Å². The fourth-order valence-electron chi connectivity index (χ4n) is 2.02. The predicted molar refractivity (Wildman–Crippen MR) is 78.4 cm³/mol. The van der Waals surface area contributed by atoms with E-state index >= 15 is 0 Å². The van der Waals surface area contributed by atoms with Crippen molar-refractivity contribution in [1.82, 2.24) is 5.32 Å². The molecule has 106 valence electrons. The summed E-state index contributed by atoms with van der Waals surface area (Å²) in [5, 5.41) is 4.70. The minimum Gasteiger partial charge on any atom is -0.466 e. The van der Waals surface area contributed by atoms with Crippen LogP contribution in [0.5, 0.6) is 0 Å². The highest BCUT2D eigenvalue weighted by atomic mass is 32.1. The van der Waals surface area contributed by atoms with Crippen LogP contribution in [-0.4, -0.2) is 17.7 Å². The number of rotatable bonds is 5. The molecule has 0 aliphatic carbocycles. The summed E-state index contributed by atoms with van der Waals surface area (Å²) in [5.74, 6) is 1.14. The van der Waals surface area contributed by atoms with Gasteiger partial charge in [-0.05, 0) is 38.3 Å². The maximum absolute atomic E-state index is 12.1. The molecule has 0 radical (unpaired) electrons. The largest absolute Gasteiger partial charge is 0.466 e. The Morgan fingerprint density at radius 3 is 2.70 bits per heavy atom. The number of ketones is 1. The van der Waals surface area contributed by atoms with Gasteiger partial charge >= 0.3 is 0 Å². The van der Waals surface area contributed by atoms with E-state index in [0.717, 1.165) is 4.88 Å². The molecule has 0 aliphatic rings. The molecule has 0 bridgehead atoms. The second kappa shape index (κ2) is 6.05. The molecule has 0 saturated carbocycles. The van der Waals surface area contributed by atoms with Crippen molar-refractivity contribution in [2.75, 3.05) is 0 Å². The molecule has 0 spiro atoms. The lowest BCUT2D eigenvalue weighted by Crippen LogP contribution is -2.34. The van der Waals surface area contributed by atoms with Crippen molar-refractivity contribution in [3.8, 4) is 0 Å². The Bertz CT molecular complexity index is 613. The second-order valence-electron chi connectivity index (χ2n) is 4.81. The summed E-state index contributed by atoms with van der Waals surface area (Å²) < 4.78 is 5.33. The second-order valence-corrected chi connectivity index (χ2v) is 5.75. The average Bonchev–Trinajstić information content (AvgIpc) is 2.98. The van der Waals surface area contributed by atoms with Crippen LogP contribution in [0, 0.1) is 13.8 Å². The number of aryl methyl sites for hydroxylation is 2. The standard InChI is InChI=1S/C15H17NO3S/c1-9(7-13(17)14-5-4-6-20-14)16-15(18)12-8-10(2)19-11(12)3/h4-6,8-9H,7H2,1-3H3,(H,16,18)/t9-/m1/s1. The number of carbonyl (C=O) groups excluding carboxylic acids is 2. The molecule has 2 aromatic rings. The molecule has 0 saturated heterocycles. The summed E-state index contributed by atoms with van der Waals surface area (Å²) in [7, 11) is 0. The first kappa shape index (κ1) is 14.5. The number of carbonyl (C=O) groups is 2. The van der Waals surface area contributed by atoms with Crippen LogP contribution in [0.25, 0.3) is 0 Å². The molecule has 4 nitrogen and oxygen atoms in total. The van der Waals surface area contributed by atoms with Gasteiger partial charge in [-0.3, -0.25) is 9.59 Å². The number of furan rings is 1. The molecule has 0 fully saturated rings. The highest BCUT2D eigenvalue weighted by Gasteiger charge is 2.18. The Morgan fingerprint density at radius 2 is 2.15 bits per heavy atom. The number of hydrogen-bond acceptors (Lipinski definition) is 4. The van der Waals surface area contributed by atoms with Gasteiger partial charge in [0.05, 0.1) is 10.4 Å². The molecule has 0 unspecified atom stereocenters. The van der Waals surface area contributed by atoms with E-state index in [2.05, 4.69) is 5.32 Å². The lowest BCUT2D eigenvalue weighted by molar-refractivity contribution is 0.0918. The van der Waals surface area contributed by atoms with Gasteiger partial charge in [-0.15, -0.1) is 11.3 Å². The first-order valence-corrected chi connectivity index (χ1v) is 7.30. The highest BCUT2D eigenvalue weighted by Crippen LogP contribution is 2.15. The third kappa shape index (κ3) is 3.36. The third-order valence-electron chi connectivity index (χ3n) is 2.95. The zero-order chi connectivity index (χ0) is 14.7. The zero-order valence-electron chi connectivity index (χ0n) is 11.7. The minimum absolute atomic E-state index is 0.0490. The van der Waals surface area contributed by atoms with Crippen molar-refractivity contribution in [3.05, 3.63) is 45.5 Å². The van der Waals surface area contributed by atoms with E-state index in [1.165, 1.54) is 11.3 Å². The molecule has 2 rings (SSSR count). The van der Waals surface area contributed by atoms with Crippen molar-refractivity contribution < 1.29 is 14.0 Å². The van der Waals surface area contributed by atoms with Gasteiger partial charge in [0, 0.05) is 12.5 Å². The molecule has 2 heterocycles. The molecule has 1 atom stereocenters. The van der Waals surface area contributed by atoms with Gasteiger partial charge in [-0.25, -0.2) is 0 Å². The summed E-state index contributed by atoms with van der Waals surface area (Å²) in [6.07, 6.45) is 0.294. The molecule has 1 N–H and O–H groups in total. The van der Waals surface area contributed by atoms with E-state index in [0.29, 0.717) is 23.5 Å². The fourth-order valence-corrected chi connectivity index (χ4v) is 2.70. The van der Waals surface area contributed by atoms with Crippen LogP contribution in [-0.2, 0) is 0 Å². The molecular weight excluding hydrogens is 274 g/mol. The van der Waals surface area contributed by atoms with Crippen molar-refractivity contribution >= 4 is 23.0 Å². The van der Waals surface area contributed by atoms with E-state index in [-0.39, 0.29) is 17.7 Å². The molecule has 0 aromatic carbocycles. The Hall–Kier alpha value is -1.88. The first-order valence-electron chi connectivity index (χ1n) is 6.42. The monoisotopic (exact) mass is 291 g/mol. The van der Waals surface area contributed by atoms with Crippen LogP contribution in [0.15, 0.2) is 28.0 Å². The normalized spacial score (nSPS) is 12.2. The number of amides is 1. The van der Waals surface area contributed by atoms with Gasteiger partial charge in [0.2, 0.25) is 0 Å².